The highest BCUT2D eigenvalue weighted by atomic mass is 16.3. The van der Waals surface area contributed by atoms with Crippen LogP contribution in [0.15, 0.2) is 43.0 Å². The van der Waals surface area contributed by atoms with Gasteiger partial charge in [0.25, 0.3) is 0 Å². The van der Waals surface area contributed by atoms with Crippen LogP contribution in [0.1, 0.15) is 18.4 Å². The van der Waals surface area contributed by atoms with E-state index in [1.807, 2.05) is 19.1 Å². The van der Waals surface area contributed by atoms with Gasteiger partial charge in [0.1, 0.15) is 11.5 Å². The van der Waals surface area contributed by atoms with Crippen LogP contribution in [0.2, 0.25) is 0 Å². The fourth-order valence-electron chi connectivity index (χ4n) is 1.84. The first kappa shape index (κ1) is 10.6. The molecule has 2 heteroatoms. The Morgan fingerprint density at radius 2 is 1.88 bits per heavy atom. The molecule has 2 aromatic carbocycles. The average molecular weight is 214 g/mol. The van der Waals surface area contributed by atoms with E-state index in [0.29, 0.717) is 10.8 Å². The Hall–Kier alpha value is -1.96. The van der Waals surface area contributed by atoms with Gasteiger partial charge in [0, 0.05) is 22.3 Å². The van der Waals surface area contributed by atoms with Crippen molar-refractivity contribution >= 4 is 10.8 Å². The maximum absolute atomic E-state index is 10.1. The number of phenols is 2. The first-order chi connectivity index (χ1) is 7.65. The molecule has 0 saturated carbocycles. The second-order valence-corrected chi connectivity index (χ2v) is 3.90. The van der Waals surface area contributed by atoms with Crippen molar-refractivity contribution in [3.63, 3.8) is 0 Å². The molecule has 1 unspecified atom stereocenters. The molecular formula is C14H14O2. The third kappa shape index (κ3) is 1.52. The van der Waals surface area contributed by atoms with Gasteiger partial charge < -0.3 is 10.2 Å². The largest absolute Gasteiger partial charge is 0.507 e. The molecule has 0 aliphatic rings. The molecule has 16 heavy (non-hydrogen) atoms. The van der Waals surface area contributed by atoms with Gasteiger partial charge in [-0.15, -0.1) is 6.58 Å². The highest BCUT2D eigenvalue weighted by Crippen LogP contribution is 2.36. The van der Waals surface area contributed by atoms with Gasteiger partial charge in [-0.05, 0) is 6.07 Å². The maximum Gasteiger partial charge on any atom is 0.127 e. The summed E-state index contributed by atoms with van der Waals surface area (Å²) < 4.78 is 0. The fourth-order valence-corrected chi connectivity index (χ4v) is 1.84. The van der Waals surface area contributed by atoms with Crippen LogP contribution in [0.3, 0.4) is 0 Å². The summed E-state index contributed by atoms with van der Waals surface area (Å²) in [5.74, 6) is 0.498. The van der Waals surface area contributed by atoms with Crippen molar-refractivity contribution in [1.29, 1.82) is 0 Å². The van der Waals surface area contributed by atoms with E-state index >= 15 is 0 Å². The van der Waals surface area contributed by atoms with Crippen LogP contribution in [0.5, 0.6) is 11.5 Å². The second kappa shape index (κ2) is 3.89. The summed E-state index contributed by atoms with van der Waals surface area (Å²) in [6.07, 6.45) is 1.78. The second-order valence-electron chi connectivity index (χ2n) is 3.90. The molecule has 0 amide bonds. The lowest BCUT2D eigenvalue weighted by Gasteiger charge is -2.12. The highest BCUT2D eigenvalue weighted by Gasteiger charge is 2.11. The maximum atomic E-state index is 10.1. The topological polar surface area (TPSA) is 40.5 Å². The van der Waals surface area contributed by atoms with Crippen LogP contribution in [0.25, 0.3) is 10.8 Å². The number of hydrogen-bond donors (Lipinski definition) is 2. The lowest BCUT2D eigenvalue weighted by molar-refractivity contribution is 0.470. The molecule has 0 aliphatic carbocycles. The summed E-state index contributed by atoms with van der Waals surface area (Å²) in [6, 6.07) is 8.77. The molecule has 0 aliphatic heterocycles. The summed E-state index contributed by atoms with van der Waals surface area (Å²) in [4.78, 5) is 0. The molecule has 0 aromatic heterocycles. The molecule has 2 nitrogen and oxygen atoms in total. The van der Waals surface area contributed by atoms with Crippen molar-refractivity contribution in [2.75, 3.05) is 0 Å². The molecule has 1 atom stereocenters. The molecule has 0 saturated heterocycles. The number of rotatable bonds is 2. The predicted octanol–water partition coefficient (Wildman–Crippen LogP) is 3.54. The van der Waals surface area contributed by atoms with Crippen molar-refractivity contribution < 1.29 is 10.2 Å². The molecule has 0 fully saturated rings. The van der Waals surface area contributed by atoms with E-state index < -0.39 is 0 Å². The summed E-state index contributed by atoms with van der Waals surface area (Å²) in [7, 11) is 0. The van der Waals surface area contributed by atoms with Gasteiger partial charge in [-0.25, -0.2) is 0 Å². The number of fused-ring (bicyclic) bond motifs is 1. The lowest BCUT2D eigenvalue weighted by atomic mass is 9.96. The molecule has 0 spiro atoms. The summed E-state index contributed by atoms with van der Waals surface area (Å²) in [5, 5.41) is 21.1. The number of benzene rings is 2. The van der Waals surface area contributed by atoms with Gasteiger partial charge in [0.05, 0.1) is 0 Å². The average Bonchev–Trinajstić information content (AvgIpc) is 2.30. The van der Waals surface area contributed by atoms with E-state index in [2.05, 4.69) is 6.58 Å². The first-order valence-electron chi connectivity index (χ1n) is 5.21. The van der Waals surface area contributed by atoms with Gasteiger partial charge in [0.15, 0.2) is 0 Å². The van der Waals surface area contributed by atoms with Crippen molar-refractivity contribution in [2.24, 2.45) is 0 Å². The third-order valence-electron chi connectivity index (χ3n) is 2.89. The van der Waals surface area contributed by atoms with Crippen LogP contribution >= 0.6 is 0 Å². The van der Waals surface area contributed by atoms with Crippen molar-refractivity contribution in [1.82, 2.24) is 0 Å². The minimum absolute atomic E-state index is 0.0896. The zero-order valence-electron chi connectivity index (χ0n) is 9.14. The number of phenolic OH excluding ortho intramolecular Hbond substituents is 2. The predicted molar refractivity (Wildman–Crippen MR) is 65.9 cm³/mol. The van der Waals surface area contributed by atoms with Crippen LogP contribution in [0.4, 0.5) is 0 Å². The Bertz CT molecular complexity index is 544. The van der Waals surface area contributed by atoms with Crippen LogP contribution in [-0.4, -0.2) is 10.2 Å². The standard InChI is InChI=1S/C14H14O2/c1-3-9(2)10-7-8-11-12(14(10)16)5-4-6-13(11)15/h3-9,15-16H,1H2,2H3. The lowest BCUT2D eigenvalue weighted by Crippen LogP contribution is -1.90. The summed E-state index contributed by atoms with van der Waals surface area (Å²) in [6.45, 7) is 5.68. The Labute approximate surface area is 94.5 Å². The molecular weight excluding hydrogens is 200 g/mol. The molecule has 2 rings (SSSR count). The molecule has 2 N–H and O–H groups in total. The van der Waals surface area contributed by atoms with Crippen LogP contribution in [-0.2, 0) is 0 Å². The monoisotopic (exact) mass is 214 g/mol. The zero-order valence-corrected chi connectivity index (χ0v) is 9.14. The van der Waals surface area contributed by atoms with Gasteiger partial charge in [-0.3, -0.25) is 0 Å². The van der Waals surface area contributed by atoms with Crippen LogP contribution < -0.4 is 0 Å². The molecule has 0 radical (unpaired) electrons. The van der Waals surface area contributed by atoms with Crippen molar-refractivity contribution in [3.05, 3.63) is 48.6 Å². The Morgan fingerprint density at radius 3 is 2.56 bits per heavy atom. The van der Waals surface area contributed by atoms with Gasteiger partial charge in [-0.1, -0.05) is 37.3 Å². The Morgan fingerprint density at radius 1 is 1.12 bits per heavy atom. The highest BCUT2D eigenvalue weighted by molar-refractivity contribution is 5.93. The van der Waals surface area contributed by atoms with E-state index in [4.69, 9.17) is 0 Å². The van der Waals surface area contributed by atoms with Gasteiger partial charge in [-0.2, -0.15) is 0 Å². The fraction of sp³-hybridized carbons (Fsp3) is 0.143. The quantitative estimate of drug-likeness (QED) is 0.750. The number of allylic oxidation sites excluding steroid dienone is 1. The van der Waals surface area contributed by atoms with E-state index in [1.54, 1.807) is 24.3 Å². The van der Waals surface area contributed by atoms with E-state index in [1.165, 1.54) is 0 Å². The third-order valence-corrected chi connectivity index (χ3v) is 2.89. The minimum atomic E-state index is 0.0896. The zero-order chi connectivity index (χ0) is 11.7. The first-order valence-corrected chi connectivity index (χ1v) is 5.21. The molecule has 82 valence electrons. The Balaban J connectivity index is 2.75. The molecule has 2 aromatic rings. The summed E-state index contributed by atoms with van der Waals surface area (Å²) >= 11 is 0. The minimum Gasteiger partial charge on any atom is -0.507 e. The van der Waals surface area contributed by atoms with E-state index in [-0.39, 0.29) is 17.4 Å². The molecule has 0 heterocycles. The van der Waals surface area contributed by atoms with Gasteiger partial charge >= 0.3 is 0 Å². The number of hydrogen-bond acceptors (Lipinski definition) is 2. The number of aromatic hydroxyl groups is 2. The SMILES string of the molecule is C=CC(C)c1ccc2c(O)cccc2c1O. The van der Waals surface area contributed by atoms with E-state index in [0.717, 1.165) is 5.56 Å². The Kier molecular flexibility index (Phi) is 2.57. The van der Waals surface area contributed by atoms with E-state index in [9.17, 15) is 10.2 Å². The summed E-state index contributed by atoms with van der Waals surface area (Å²) in [5.41, 5.74) is 0.827. The smallest absolute Gasteiger partial charge is 0.127 e. The van der Waals surface area contributed by atoms with Crippen molar-refractivity contribution in [2.45, 2.75) is 12.8 Å². The van der Waals surface area contributed by atoms with Gasteiger partial charge in [0.2, 0.25) is 0 Å². The van der Waals surface area contributed by atoms with Crippen molar-refractivity contribution in [3.8, 4) is 11.5 Å². The normalized spacial score (nSPS) is 12.6. The molecule has 0 bridgehead atoms. The van der Waals surface area contributed by atoms with Crippen LogP contribution in [0, 0.1) is 0 Å².